The van der Waals surface area contributed by atoms with Gasteiger partial charge in [0.15, 0.2) is 5.96 Å². The number of hydrogen-bond acceptors (Lipinski definition) is 4. The summed E-state index contributed by atoms with van der Waals surface area (Å²) in [5, 5.41) is 13.6. The highest BCUT2D eigenvalue weighted by Gasteiger charge is 2.16. The second-order valence-electron chi connectivity index (χ2n) is 6.77. The first-order chi connectivity index (χ1) is 13.7. The molecule has 1 fully saturated rings. The summed E-state index contributed by atoms with van der Waals surface area (Å²) in [6, 6.07) is 9.55. The number of aromatic nitrogens is 2. The third kappa shape index (κ3) is 5.56. The topological polar surface area (TPSA) is 92.6 Å². The molecule has 0 radical (unpaired) electrons. The monoisotopic (exact) mass is 384 g/mol. The molecule has 0 spiro atoms. The standard InChI is InChI=1S/C20H28N6O2/c1-21-20(24-13-17-8-9-25-26(17)2)23-12-15-5-3-6-16(11-15)19(27)22-14-18-7-4-10-28-18/h3,5-6,8-9,11,18H,4,7,10,12-14H2,1-2H3,(H,22,27)(H2,21,23,24). The maximum atomic E-state index is 12.4. The fourth-order valence-electron chi connectivity index (χ4n) is 3.09. The molecule has 1 aromatic carbocycles. The zero-order valence-electron chi connectivity index (χ0n) is 16.4. The lowest BCUT2D eigenvalue weighted by molar-refractivity contribution is 0.0857. The molecule has 3 rings (SSSR count). The van der Waals surface area contributed by atoms with Crippen molar-refractivity contribution in [3.05, 3.63) is 53.3 Å². The van der Waals surface area contributed by atoms with Gasteiger partial charge in [-0.2, -0.15) is 5.10 Å². The van der Waals surface area contributed by atoms with Crippen molar-refractivity contribution in [1.82, 2.24) is 25.7 Å². The molecule has 1 saturated heterocycles. The van der Waals surface area contributed by atoms with Gasteiger partial charge in [-0.1, -0.05) is 12.1 Å². The number of nitrogens with zero attached hydrogens (tertiary/aromatic N) is 3. The van der Waals surface area contributed by atoms with E-state index in [0.29, 0.717) is 31.2 Å². The van der Waals surface area contributed by atoms with Crippen molar-refractivity contribution in [2.75, 3.05) is 20.2 Å². The first-order valence-corrected chi connectivity index (χ1v) is 9.56. The number of carbonyl (C=O) groups is 1. The molecule has 0 bridgehead atoms. The fourth-order valence-corrected chi connectivity index (χ4v) is 3.09. The molecule has 1 aliphatic rings. The lowest BCUT2D eigenvalue weighted by Gasteiger charge is -2.13. The molecule has 0 saturated carbocycles. The highest BCUT2D eigenvalue weighted by molar-refractivity contribution is 5.94. The van der Waals surface area contributed by atoms with Crippen molar-refractivity contribution >= 4 is 11.9 Å². The molecule has 2 heterocycles. The van der Waals surface area contributed by atoms with Crippen LogP contribution in [0.15, 0.2) is 41.5 Å². The first kappa shape index (κ1) is 19.9. The third-order valence-corrected chi connectivity index (χ3v) is 4.75. The zero-order valence-corrected chi connectivity index (χ0v) is 16.4. The summed E-state index contributed by atoms with van der Waals surface area (Å²) in [6.45, 7) is 2.54. The lowest BCUT2D eigenvalue weighted by Crippen LogP contribution is -2.36. The van der Waals surface area contributed by atoms with Gasteiger partial charge in [-0.25, -0.2) is 0 Å². The van der Waals surface area contributed by atoms with E-state index >= 15 is 0 Å². The van der Waals surface area contributed by atoms with Gasteiger partial charge in [0.2, 0.25) is 0 Å². The Kier molecular flexibility index (Phi) is 7.02. The third-order valence-electron chi connectivity index (χ3n) is 4.75. The first-order valence-electron chi connectivity index (χ1n) is 9.56. The van der Waals surface area contributed by atoms with E-state index in [1.807, 2.05) is 42.1 Å². The van der Waals surface area contributed by atoms with Crippen LogP contribution in [0.5, 0.6) is 0 Å². The number of aryl methyl sites for hydroxylation is 1. The van der Waals surface area contributed by atoms with E-state index in [0.717, 1.165) is 30.7 Å². The van der Waals surface area contributed by atoms with E-state index in [1.54, 1.807) is 13.2 Å². The number of aliphatic imine (C=N–C) groups is 1. The van der Waals surface area contributed by atoms with Crippen molar-refractivity contribution in [3.8, 4) is 0 Å². The summed E-state index contributed by atoms with van der Waals surface area (Å²) in [5.74, 6) is 0.616. The predicted molar refractivity (Wildman–Crippen MR) is 108 cm³/mol. The van der Waals surface area contributed by atoms with Crippen molar-refractivity contribution in [3.63, 3.8) is 0 Å². The molecule has 1 atom stereocenters. The van der Waals surface area contributed by atoms with Crippen molar-refractivity contribution < 1.29 is 9.53 Å². The van der Waals surface area contributed by atoms with Gasteiger partial charge in [0.1, 0.15) is 0 Å². The number of benzene rings is 1. The van der Waals surface area contributed by atoms with Crippen LogP contribution in [0.2, 0.25) is 0 Å². The molecule has 8 heteroatoms. The smallest absolute Gasteiger partial charge is 0.251 e. The average molecular weight is 384 g/mol. The van der Waals surface area contributed by atoms with E-state index < -0.39 is 0 Å². The van der Waals surface area contributed by atoms with Crippen LogP contribution in [0.25, 0.3) is 0 Å². The molecule has 8 nitrogen and oxygen atoms in total. The quantitative estimate of drug-likeness (QED) is 0.493. The number of rotatable bonds is 7. The molecule has 0 aliphatic carbocycles. The lowest BCUT2D eigenvalue weighted by atomic mass is 10.1. The van der Waals surface area contributed by atoms with Gasteiger partial charge >= 0.3 is 0 Å². The van der Waals surface area contributed by atoms with Crippen LogP contribution in [0, 0.1) is 0 Å². The van der Waals surface area contributed by atoms with Gasteiger partial charge in [-0.15, -0.1) is 0 Å². The molecule has 28 heavy (non-hydrogen) atoms. The molecule has 1 amide bonds. The Morgan fingerprint density at radius 3 is 2.86 bits per heavy atom. The van der Waals surface area contributed by atoms with Gasteiger partial charge in [-0.3, -0.25) is 14.5 Å². The molecule has 3 N–H and O–H groups in total. The summed E-state index contributed by atoms with van der Waals surface area (Å²) in [7, 11) is 3.64. The van der Waals surface area contributed by atoms with Gasteiger partial charge in [0.05, 0.1) is 18.3 Å². The Morgan fingerprint density at radius 2 is 2.14 bits per heavy atom. The average Bonchev–Trinajstić information content (AvgIpc) is 3.38. The fraction of sp³-hybridized carbons (Fsp3) is 0.450. The Hall–Kier alpha value is -2.87. The number of hydrogen-bond donors (Lipinski definition) is 3. The van der Waals surface area contributed by atoms with Crippen LogP contribution < -0.4 is 16.0 Å². The van der Waals surface area contributed by atoms with Gasteiger partial charge in [-0.05, 0) is 36.6 Å². The van der Waals surface area contributed by atoms with Crippen LogP contribution in [0.1, 0.15) is 34.5 Å². The van der Waals surface area contributed by atoms with Crippen LogP contribution in [0.4, 0.5) is 0 Å². The second-order valence-corrected chi connectivity index (χ2v) is 6.77. The Labute approximate surface area is 165 Å². The van der Waals surface area contributed by atoms with E-state index in [1.165, 1.54) is 0 Å². The zero-order chi connectivity index (χ0) is 19.8. The Balaban J connectivity index is 1.48. The van der Waals surface area contributed by atoms with Crippen molar-refractivity contribution in [2.24, 2.45) is 12.0 Å². The van der Waals surface area contributed by atoms with Crippen LogP contribution >= 0.6 is 0 Å². The Morgan fingerprint density at radius 1 is 1.29 bits per heavy atom. The number of nitrogens with one attached hydrogen (secondary N) is 3. The highest BCUT2D eigenvalue weighted by atomic mass is 16.5. The Bertz CT molecular complexity index is 811. The van der Waals surface area contributed by atoms with Crippen LogP contribution in [0.3, 0.4) is 0 Å². The second kappa shape index (κ2) is 9.89. The summed E-state index contributed by atoms with van der Waals surface area (Å²) in [5.41, 5.74) is 2.72. The number of guanidine groups is 1. The minimum absolute atomic E-state index is 0.0731. The van der Waals surface area contributed by atoms with Crippen molar-refractivity contribution in [2.45, 2.75) is 32.0 Å². The van der Waals surface area contributed by atoms with Crippen LogP contribution in [-0.4, -0.2) is 48.0 Å². The summed E-state index contributed by atoms with van der Waals surface area (Å²) >= 11 is 0. The predicted octanol–water partition coefficient (Wildman–Crippen LogP) is 1.19. The SMILES string of the molecule is CN=C(NCc1cccc(C(=O)NCC2CCCO2)c1)NCc1ccnn1C. The van der Waals surface area contributed by atoms with E-state index in [9.17, 15) is 4.79 Å². The minimum atomic E-state index is -0.0731. The summed E-state index contributed by atoms with van der Waals surface area (Å²) < 4.78 is 7.37. The van der Waals surface area contributed by atoms with E-state index in [4.69, 9.17) is 4.74 Å². The molecule has 1 aromatic heterocycles. The number of amides is 1. The molecule has 150 valence electrons. The van der Waals surface area contributed by atoms with E-state index in [-0.39, 0.29) is 12.0 Å². The molecular formula is C20H28N6O2. The van der Waals surface area contributed by atoms with E-state index in [2.05, 4.69) is 26.0 Å². The largest absolute Gasteiger partial charge is 0.376 e. The maximum absolute atomic E-state index is 12.4. The van der Waals surface area contributed by atoms with Gasteiger partial charge < -0.3 is 20.7 Å². The molecule has 1 aliphatic heterocycles. The summed E-state index contributed by atoms with van der Waals surface area (Å²) in [4.78, 5) is 16.6. The van der Waals surface area contributed by atoms with Gasteiger partial charge in [0.25, 0.3) is 5.91 Å². The highest BCUT2D eigenvalue weighted by Crippen LogP contribution is 2.11. The van der Waals surface area contributed by atoms with Gasteiger partial charge in [0, 0.05) is 45.6 Å². The minimum Gasteiger partial charge on any atom is -0.376 e. The molecular weight excluding hydrogens is 356 g/mol. The normalized spacial score (nSPS) is 16.8. The molecule has 2 aromatic rings. The summed E-state index contributed by atoms with van der Waals surface area (Å²) in [6.07, 6.45) is 3.98. The number of carbonyl (C=O) groups excluding carboxylic acids is 1. The molecule has 1 unspecified atom stereocenters. The van der Waals surface area contributed by atoms with Crippen molar-refractivity contribution in [1.29, 1.82) is 0 Å². The van der Waals surface area contributed by atoms with Crippen LogP contribution in [-0.2, 0) is 24.9 Å². The maximum Gasteiger partial charge on any atom is 0.251 e. The number of ether oxygens (including phenoxy) is 1.